The molecule has 8 heteroatoms. The molecule has 3 rings (SSSR count). The van der Waals surface area contributed by atoms with E-state index in [1.807, 2.05) is 35.2 Å². The molecular weight excluding hydrogens is 488 g/mol. The maximum absolute atomic E-state index is 12.5. The van der Waals surface area contributed by atoms with Crippen LogP contribution >= 0.6 is 15.9 Å². The van der Waals surface area contributed by atoms with Gasteiger partial charge in [-0.2, -0.15) is 0 Å². The van der Waals surface area contributed by atoms with Gasteiger partial charge in [0.25, 0.3) is 5.91 Å². The van der Waals surface area contributed by atoms with E-state index >= 15 is 0 Å². The third-order valence-corrected chi connectivity index (χ3v) is 5.82. The lowest BCUT2D eigenvalue weighted by Gasteiger charge is -2.31. The number of nitrogens with one attached hydrogen (secondary N) is 1. The Labute approximate surface area is 201 Å². The zero-order chi connectivity index (χ0) is 23.6. The fraction of sp³-hybridized carbons (Fsp3) is 0.320. The largest absolute Gasteiger partial charge is 0.513 e. The number of amides is 2. The number of likely N-dealkylation sites (tertiary alicyclic amines) is 1. The summed E-state index contributed by atoms with van der Waals surface area (Å²) >= 11 is 3.43. The minimum absolute atomic E-state index is 0.00240. The van der Waals surface area contributed by atoms with Gasteiger partial charge in [0, 0.05) is 35.7 Å². The predicted molar refractivity (Wildman–Crippen MR) is 129 cm³/mol. The van der Waals surface area contributed by atoms with E-state index < -0.39 is 6.16 Å². The highest BCUT2D eigenvalue weighted by Gasteiger charge is 2.22. The van der Waals surface area contributed by atoms with Gasteiger partial charge in [0.1, 0.15) is 5.75 Å². The molecule has 2 amide bonds. The molecule has 0 bridgehead atoms. The first kappa shape index (κ1) is 24.5. The number of piperidine rings is 1. The summed E-state index contributed by atoms with van der Waals surface area (Å²) < 4.78 is 10.7. The molecule has 0 aliphatic carbocycles. The first-order valence-electron chi connectivity index (χ1n) is 10.9. The molecule has 33 heavy (non-hydrogen) atoms. The molecule has 174 valence electrons. The number of hydrogen-bond donors (Lipinski definition) is 1. The molecule has 0 unspecified atom stereocenters. The highest BCUT2D eigenvalue weighted by atomic mass is 79.9. The smallest absolute Gasteiger partial charge is 0.434 e. The fourth-order valence-corrected chi connectivity index (χ4v) is 3.91. The van der Waals surface area contributed by atoms with Gasteiger partial charge in [-0.1, -0.05) is 28.1 Å². The van der Waals surface area contributed by atoms with E-state index in [1.165, 1.54) is 0 Å². The Kier molecular flexibility index (Phi) is 9.06. The number of halogens is 1. The average Bonchev–Trinajstić information content (AvgIpc) is 2.82. The number of benzene rings is 2. The van der Waals surface area contributed by atoms with Gasteiger partial charge in [0.15, 0.2) is 0 Å². The van der Waals surface area contributed by atoms with Gasteiger partial charge in [-0.3, -0.25) is 9.59 Å². The van der Waals surface area contributed by atoms with Crippen molar-refractivity contribution >= 4 is 40.0 Å². The van der Waals surface area contributed by atoms with Crippen molar-refractivity contribution in [2.75, 3.05) is 26.2 Å². The van der Waals surface area contributed by atoms with Crippen molar-refractivity contribution in [3.8, 4) is 5.75 Å². The lowest BCUT2D eigenvalue weighted by atomic mass is 9.96. The molecule has 1 aliphatic rings. The Morgan fingerprint density at radius 1 is 1.12 bits per heavy atom. The summed E-state index contributed by atoms with van der Waals surface area (Å²) in [6.45, 7) is 3.81. The molecule has 1 saturated heterocycles. The summed E-state index contributed by atoms with van der Waals surface area (Å²) in [5.74, 6) is 0.449. The van der Waals surface area contributed by atoms with Crippen molar-refractivity contribution < 1.29 is 23.9 Å². The molecule has 0 spiro atoms. The monoisotopic (exact) mass is 514 g/mol. The first-order valence-corrected chi connectivity index (χ1v) is 11.7. The standard InChI is InChI=1S/C25H27BrN2O5/c1-2-32-25(31)33-22-9-7-20(8-10-22)24(30)27-17-19-12-14-28(15-13-19)23(29)11-6-18-4-3-5-21(26)16-18/h3-11,16,19H,2,12-15,17H2,1H3,(H,27,30)/b11-6+. The van der Waals surface area contributed by atoms with Crippen molar-refractivity contribution in [2.45, 2.75) is 19.8 Å². The quantitative estimate of drug-likeness (QED) is 0.329. The zero-order valence-corrected chi connectivity index (χ0v) is 20.0. The van der Waals surface area contributed by atoms with Crippen molar-refractivity contribution in [2.24, 2.45) is 5.92 Å². The molecule has 0 aromatic heterocycles. The molecule has 1 fully saturated rings. The van der Waals surface area contributed by atoms with Crippen molar-refractivity contribution in [1.29, 1.82) is 0 Å². The second-order valence-electron chi connectivity index (χ2n) is 7.68. The second kappa shape index (κ2) is 12.2. The molecule has 0 radical (unpaired) electrons. The van der Waals surface area contributed by atoms with Crippen LogP contribution in [-0.2, 0) is 9.53 Å². The maximum Gasteiger partial charge on any atom is 0.513 e. The van der Waals surface area contributed by atoms with Gasteiger partial charge < -0.3 is 19.7 Å². The van der Waals surface area contributed by atoms with Crippen LogP contribution in [0.1, 0.15) is 35.7 Å². The third-order valence-electron chi connectivity index (χ3n) is 5.32. The summed E-state index contributed by atoms with van der Waals surface area (Å²) in [6.07, 6.45) is 4.33. The van der Waals surface area contributed by atoms with Gasteiger partial charge in [-0.15, -0.1) is 0 Å². The molecular formula is C25H27BrN2O5. The van der Waals surface area contributed by atoms with Gasteiger partial charge in [-0.25, -0.2) is 4.79 Å². The maximum atomic E-state index is 12.5. The summed E-state index contributed by atoms with van der Waals surface area (Å²) in [5, 5.41) is 2.95. The topological polar surface area (TPSA) is 84.9 Å². The van der Waals surface area contributed by atoms with E-state index in [9.17, 15) is 14.4 Å². The van der Waals surface area contributed by atoms with Gasteiger partial charge in [0.2, 0.25) is 5.91 Å². The Hall–Kier alpha value is -3.13. The highest BCUT2D eigenvalue weighted by molar-refractivity contribution is 9.10. The third kappa shape index (κ3) is 7.75. The minimum atomic E-state index is -0.775. The van der Waals surface area contributed by atoms with E-state index in [4.69, 9.17) is 9.47 Å². The second-order valence-corrected chi connectivity index (χ2v) is 8.59. The van der Waals surface area contributed by atoms with E-state index in [1.54, 1.807) is 37.3 Å². The van der Waals surface area contributed by atoms with Crippen molar-refractivity contribution in [3.05, 3.63) is 70.2 Å². The highest BCUT2D eigenvalue weighted by Crippen LogP contribution is 2.18. The summed E-state index contributed by atoms with van der Waals surface area (Å²) in [7, 11) is 0. The summed E-state index contributed by atoms with van der Waals surface area (Å²) in [5.41, 5.74) is 1.45. The fourth-order valence-electron chi connectivity index (χ4n) is 3.50. The lowest BCUT2D eigenvalue weighted by molar-refractivity contribution is -0.127. The van der Waals surface area contributed by atoms with Crippen LogP contribution in [-0.4, -0.2) is 49.1 Å². The van der Waals surface area contributed by atoms with E-state index in [0.717, 1.165) is 22.9 Å². The Morgan fingerprint density at radius 3 is 2.52 bits per heavy atom. The van der Waals surface area contributed by atoms with Crippen LogP contribution in [0.15, 0.2) is 59.1 Å². The molecule has 0 atom stereocenters. The van der Waals surface area contributed by atoms with Crippen molar-refractivity contribution in [1.82, 2.24) is 10.2 Å². The van der Waals surface area contributed by atoms with Crippen LogP contribution in [0.5, 0.6) is 5.75 Å². The Bertz CT molecular complexity index is 998. The van der Waals surface area contributed by atoms with Crippen LogP contribution < -0.4 is 10.1 Å². The molecule has 2 aromatic rings. The van der Waals surface area contributed by atoms with Crippen molar-refractivity contribution in [3.63, 3.8) is 0 Å². The SMILES string of the molecule is CCOC(=O)Oc1ccc(C(=O)NCC2CCN(C(=O)/C=C/c3cccc(Br)c3)CC2)cc1. The van der Waals surface area contributed by atoms with Crippen LogP contribution in [0.4, 0.5) is 4.79 Å². The molecule has 1 N–H and O–H groups in total. The van der Waals surface area contributed by atoms with Crippen LogP contribution in [0, 0.1) is 5.92 Å². The minimum Gasteiger partial charge on any atom is -0.434 e. The lowest BCUT2D eigenvalue weighted by Crippen LogP contribution is -2.40. The number of carbonyl (C=O) groups is 3. The Morgan fingerprint density at radius 2 is 1.85 bits per heavy atom. The van der Waals surface area contributed by atoms with Crippen LogP contribution in [0.25, 0.3) is 6.08 Å². The number of hydrogen-bond acceptors (Lipinski definition) is 5. The summed E-state index contributed by atoms with van der Waals surface area (Å²) in [6, 6.07) is 14.1. The van der Waals surface area contributed by atoms with Crippen LogP contribution in [0.3, 0.4) is 0 Å². The predicted octanol–water partition coefficient (Wildman–Crippen LogP) is 4.67. The molecule has 0 saturated carbocycles. The zero-order valence-electron chi connectivity index (χ0n) is 18.5. The summed E-state index contributed by atoms with van der Waals surface area (Å²) in [4.78, 5) is 38.1. The Balaban J connectivity index is 1.40. The van der Waals surface area contributed by atoms with Gasteiger partial charge in [-0.05, 0) is 73.7 Å². The average molecular weight is 515 g/mol. The molecule has 2 aromatic carbocycles. The number of ether oxygens (including phenoxy) is 2. The first-order chi connectivity index (χ1) is 15.9. The molecule has 1 heterocycles. The van der Waals surface area contributed by atoms with E-state index in [-0.39, 0.29) is 18.4 Å². The van der Waals surface area contributed by atoms with Gasteiger partial charge in [0.05, 0.1) is 6.61 Å². The van der Waals surface area contributed by atoms with E-state index in [0.29, 0.717) is 36.9 Å². The van der Waals surface area contributed by atoms with Gasteiger partial charge >= 0.3 is 6.16 Å². The number of nitrogens with zero attached hydrogens (tertiary/aromatic N) is 1. The van der Waals surface area contributed by atoms with E-state index in [2.05, 4.69) is 21.2 Å². The molecule has 1 aliphatic heterocycles. The molecule has 7 nitrogen and oxygen atoms in total. The normalized spacial score (nSPS) is 14.2. The number of rotatable bonds is 7. The van der Waals surface area contributed by atoms with Crippen LogP contribution in [0.2, 0.25) is 0 Å². The number of carbonyl (C=O) groups excluding carboxylic acids is 3.